The molecule has 11 heteroatoms. The van der Waals surface area contributed by atoms with Crippen molar-refractivity contribution in [1.29, 1.82) is 0 Å². The molecule has 0 N–H and O–H groups in total. The van der Waals surface area contributed by atoms with Gasteiger partial charge in [0, 0.05) is 20.0 Å². The molecule has 0 saturated carbocycles. The topological polar surface area (TPSA) is 49.9 Å². The van der Waals surface area contributed by atoms with Crippen molar-refractivity contribution in [1.82, 2.24) is 4.90 Å². The predicted octanol–water partition coefficient (Wildman–Crippen LogP) is 8.11. The van der Waals surface area contributed by atoms with Crippen LogP contribution in [0.2, 0.25) is 0 Å². The first-order valence-corrected chi connectivity index (χ1v) is 12.7. The summed E-state index contributed by atoms with van der Waals surface area (Å²) >= 11 is 0. The van der Waals surface area contributed by atoms with Crippen molar-refractivity contribution in [2.24, 2.45) is 0 Å². The van der Waals surface area contributed by atoms with Gasteiger partial charge in [-0.3, -0.25) is 9.69 Å². The van der Waals surface area contributed by atoms with E-state index in [0.717, 1.165) is 10.8 Å². The Morgan fingerprint density at radius 3 is 2.05 bits per heavy atom. The number of alkyl halides is 6. The number of hydrogen-bond donors (Lipinski definition) is 0. The highest BCUT2D eigenvalue weighted by Crippen LogP contribution is 2.41. The van der Waals surface area contributed by atoms with E-state index < -0.39 is 54.2 Å². The van der Waals surface area contributed by atoms with Gasteiger partial charge in [0.25, 0.3) is 0 Å². The highest BCUT2D eigenvalue weighted by Gasteiger charge is 2.38. The van der Waals surface area contributed by atoms with E-state index in [1.165, 1.54) is 16.7 Å². The number of anilines is 1. The van der Waals surface area contributed by atoms with Crippen LogP contribution in [0.4, 0.5) is 36.8 Å². The summed E-state index contributed by atoms with van der Waals surface area (Å²) in [7, 11) is 0. The average molecular weight is 567 g/mol. The second-order valence-corrected chi connectivity index (χ2v) is 10.1. The molecule has 1 aliphatic heterocycles. The van der Waals surface area contributed by atoms with Gasteiger partial charge >= 0.3 is 18.4 Å². The number of halogens is 6. The minimum absolute atomic E-state index is 0.0624. The Labute approximate surface area is 227 Å². The van der Waals surface area contributed by atoms with Crippen LogP contribution >= 0.6 is 0 Å². The zero-order chi connectivity index (χ0) is 29.4. The third kappa shape index (κ3) is 6.34. The molecular formula is C29H28F6N2O3. The molecule has 5 nitrogen and oxygen atoms in total. The Hall–Kier alpha value is -3.76. The quantitative estimate of drug-likeness (QED) is 0.300. The van der Waals surface area contributed by atoms with Crippen LogP contribution in [-0.2, 0) is 28.4 Å². The Bertz CT molecular complexity index is 1380. The normalized spacial score (nSPS) is 16.1. The summed E-state index contributed by atoms with van der Waals surface area (Å²) in [5.74, 6) is -0.534. The van der Waals surface area contributed by atoms with Crippen molar-refractivity contribution < 1.29 is 40.7 Å². The molecule has 1 unspecified atom stereocenters. The van der Waals surface area contributed by atoms with Crippen molar-refractivity contribution >= 4 is 28.5 Å². The number of nitrogens with zero attached hydrogens (tertiary/aromatic N) is 2. The van der Waals surface area contributed by atoms with Gasteiger partial charge in [-0.15, -0.1) is 0 Å². The molecule has 1 heterocycles. The molecule has 214 valence electrons. The first kappa shape index (κ1) is 29.2. The minimum atomic E-state index is -5.01. The molecule has 0 radical (unpaired) electrons. The number of ether oxygens (including phenoxy) is 1. The summed E-state index contributed by atoms with van der Waals surface area (Å²) < 4.78 is 86.4. The zero-order valence-electron chi connectivity index (χ0n) is 22.1. The summed E-state index contributed by atoms with van der Waals surface area (Å²) in [6.45, 7) is 4.40. The summed E-state index contributed by atoms with van der Waals surface area (Å²) in [4.78, 5) is 28.7. The molecule has 2 amide bonds. The van der Waals surface area contributed by atoms with Gasteiger partial charge in [0.05, 0.1) is 29.0 Å². The number of amides is 2. The molecule has 3 aromatic rings. The monoisotopic (exact) mass is 566 g/mol. The predicted molar refractivity (Wildman–Crippen MR) is 138 cm³/mol. The highest BCUT2D eigenvalue weighted by molar-refractivity contribution is 5.95. The molecular weight excluding hydrogens is 538 g/mol. The summed E-state index contributed by atoms with van der Waals surface area (Å²) in [6.07, 6.45) is -10.3. The standard InChI is InChI=1S/C29H28F6N2O3/c1-17(2)40-27(39)36-10-6-9-25(24-13-20-7-4-5-8-21(20)14-26(24)36)37(18(3)38)16-19-11-22(28(30,31)32)15-23(12-19)29(33,34)35/h4-5,7-8,11-15,17,25H,6,9-10,16H2,1-3H3. The van der Waals surface area contributed by atoms with Crippen LogP contribution in [-0.4, -0.2) is 29.5 Å². The lowest BCUT2D eigenvalue weighted by molar-refractivity contribution is -0.143. The molecule has 4 rings (SSSR count). The van der Waals surface area contributed by atoms with E-state index in [9.17, 15) is 35.9 Å². The fourth-order valence-electron chi connectivity index (χ4n) is 4.99. The van der Waals surface area contributed by atoms with Crippen LogP contribution < -0.4 is 4.90 Å². The SMILES string of the molecule is CC(=O)N(Cc1cc(C(F)(F)F)cc(C(F)(F)F)c1)C1CCCN(C(=O)OC(C)C)c2cc3ccccc3cc21. The summed E-state index contributed by atoms with van der Waals surface area (Å²) in [5, 5.41) is 1.61. The molecule has 0 fully saturated rings. The van der Waals surface area contributed by atoms with E-state index in [0.29, 0.717) is 36.2 Å². The van der Waals surface area contributed by atoms with Crippen LogP contribution in [0.25, 0.3) is 10.8 Å². The number of fused-ring (bicyclic) bond motifs is 2. The molecule has 1 atom stereocenters. The summed E-state index contributed by atoms with van der Waals surface area (Å²) in [5.41, 5.74) is -2.18. The fourth-order valence-corrected chi connectivity index (χ4v) is 4.99. The molecule has 40 heavy (non-hydrogen) atoms. The smallest absolute Gasteiger partial charge is 0.416 e. The Balaban J connectivity index is 1.84. The number of benzene rings is 3. The maximum atomic E-state index is 13.5. The second-order valence-electron chi connectivity index (χ2n) is 10.1. The number of carbonyl (C=O) groups excluding carboxylic acids is 2. The largest absolute Gasteiger partial charge is 0.446 e. The van der Waals surface area contributed by atoms with Crippen molar-refractivity contribution in [3.8, 4) is 0 Å². The van der Waals surface area contributed by atoms with E-state index in [2.05, 4.69) is 0 Å². The summed E-state index contributed by atoms with van der Waals surface area (Å²) in [6, 6.07) is 11.5. The lowest BCUT2D eigenvalue weighted by Crippen LogP contribution is -2.34. The van der Waals surface area contributed by atoms with Gasteiger partial charge < -0.3 is 9.64 Å². The van der Waals surface area contributed by atoms with Crippen molar-refractivity contribution in [2.75, 3.05) is 11.4 Å². The van der Waals surface area contributed by atoms with E-state index in [1.54, 1.807) is 26.0 Å². The Kier molecular flexibility index (Phi) is 8.05. The van der Waals surface area contributed by atoms with Gasteiger partial charge in [-0.1, -0.05) is 24.3 Å². The minimum Gasteiger partial charge on any atom is -0.446 e. The van der Waals surface area contributed by atoms with E-state index in [4.69, 9.17) is 4.74 Å². The van der Waals surface area contributed by atoms with Crippen molar-refractivity contribution in [2.45, 2.75) is 64.7 Å². The van der Waals surface area contributed by atoms with Gasteiger partial charge in [0.15, 0.2) is 0 Å². The van der Waals surface area contributed by atoms with Crippen LogP contribution in [0.5, 0.6) is 0 Å². The van der Waals surface area contributed by atoms with Crippen LogP contribution in [0, 0.1) is 0 Å². The lowest BCUT2D eigenvalue weighted by Gasteiger charge is -2.33. The lowest BCUT2D eigenvalue weighted by atomic mass is 9.95. The Morgan fingerprint density at radius 1 is 0.950 bits per heavy atom. The third-order valence-corrected chi connectivity index (χ3v) is 6.74. The van der Waals surface area contributed by atoms with E-state index >= 15 is 0 Å². The molecule has 0 bridgehead atoms. The van der Waals surface area contributed by atoms with Gasteiger partial charge in [-0.25, -0.2) is 4.79 Å². The van der Waals surface area contributed by atoms with Gasteiger partial charge in [0.1, 0.15) is 0 Å². The average Bonchev–Trinajstić information content (AvgIpc) is 3.03. The maximum Gasteiger partial charge on any atom is 0.416 e. The van der Waals surface area contributed by atoms with Gasteiger partial charge in [-0.2, -0.15) is 26.3 Å². The molecule has 0 aromatic heterocycles. The number of rotatable bonds is 4. The van der Waals surface area contributed by atoms with Crippen LogP contribution in [0.1, 0.15) is 61.9 Å². The number of hydrogen-bond acceptors (Lipinski definition) is 3. The first-order chi connectivity index (χ1) is 18.6. The van der Waals surface area contributed by atoms with Crippen molar-refractivity contribution in [3.63, 3.8) is 0 Å². The second kappa shape index (κ2) is 11.0. The van der Waals surface area contributed by atoms with Gasteiger partial charge in [-0.05, 0) is 78.9 Å². The third-order valence-electron chi connectivity index (χ3n) is 6.74. The maximum absolute atomic E-state index is 13.5. The van der Waals surface area contributed by atoms with Crippen LogP contribution in [0.15, 0.2) is 54.6 Å². The van der Waals surface area contributed by atoms with Gasteiger partial charge in [0.2, 0.25) is 5.91 Å². The Morgan fingerprint density at radius 2 is 1.52 bits per heavy atom. The molecule has 0 spiro atoms. The van der Waals surface area contributed by atoms with E-state index in [1.807, 2.05) is 24.3 Å². The number of carbonyl (C=O) groups is 2. The first-order valence-electron chi connectivity index (χ1n) is 12.7. The molecule has 0 aliphatic carbocycles. The molecule has 0 saturated heterocycles. The van der Waals surface area contributed by atoms with E-state index in [-0.39, 0.29) is 18.2 Å². The highest BCUT2D eigenvalue weighted by atomic mass is 19.4. The molecule has 1 aliphatic rings. The zero-order valence-corrected chi connectivity index (χ0v) is 22.1. The molecule has 3 aromatic carbocycles. The van der Waals surface area contributed by atoms with Crippen molar-refractivity contribution in [3.05, 3.63) is 76.9 Å². The van der Waals surface area contributed by atoms with Crippen LogP contribution in [0.3, 0.4) is 0 Å². The fraction of sp³-hybridized carbons (Fsp3) is 0.379.